The molecular formula is C24H22N4O2. The van der Waals surface area contributed by atoms with Gasteiger partial charge in [-0.05, 0) is 42.5 Å². The van der Waals surface area contributed by atoms with Crippen molar-refractivity contribution in [3.05, 3.63) is 72.3 Å². The van der Waals surface area contributed by atoms with Gasteiger partial charge < -0.3 is 14.5 Å². The number of aromatic nitrogens is 2. The van der Waals surface area contributed by atoms with Crippen LogP contribution in [0, 0.1) is 0 Å². The minimum absolute atomic E-state index is 0.0338. The number of nitrogens with zero attached hydrogens (tertiary/aromatic N) is 4. The molecule has 2 heterocycles. The molecule has 0 unspecified atom stereocenters. The number of hydrogen-bond donors (Lipinski definition) is 0. The molecule has 1 aromatic heterocycles. The number of methoxy groups -OCH3 is 1. The molecule has 0 saturated carbocycles. The quantitative estimate of drug-likeness (QED) is 0.492. The highest BCUT2D eigenvalue weighted by Crippen LogP contribution is 2.28. The van der Waals surface area contributed by atoms with Crippen LogP contribution in [0.15, 0.2) is 66.7 Å². The first-order valence-electron chi connectivity index (χ1n) is 10.1. The Morgan fingerprint density at radius 1 is 0.800 bits per heavy atom. The van der Waals surface area contributed by atoms with Gasteiger partial charge in [-0.25, -0.2) is 9.97 Å². The standard InChI is InChI=1S/C24H22N4O2/c1-30-23-9-5-4-8-22(23)27-12-14-28(15-13-27)24(29)17-10-11-20-21(16-17)26-19-7-3-2-6-18(19)25-20/h2-11,16H,12-15H2,1H3. The summed E-state index contributed by atoms with van der Waals surface area (Å²) in [7, 11) is 1.68. The Morgan fingerprint density at radius 2 is 1.43 bits per heavy atom. The molecule has 1 aliphatic heterocycles. The largest absolute Gasteiger partial charge is 0.495 e. The maximum absolute atomic E-state index is 13.1. The molecule has 1 amide bonds. The van der Waals surface area contributed by atoms with Crippen LogP contribution in [0.5, 0.6) is 5.75 Å². The Kier molecular flexibility index (Phi) is 4.67. The molecule has 3 aromatic carbocycles. The van der Waals surface area contributed by atoms with Gasteiger partial charge in [0.25, 0.3) is 5.91 Å². The van der Waals surface area contributed by atoms with E-state index in [4.69, 9.17) is 4.74 Å². The highest BCUT2D eigenvalue weighted by atomic mass is 16.5. The number of benzene rings is 3. The molecule has 150 valence electrons. The van der Waals surface area contributed by atoms with Crippen molar-refractivity contribution in [1.82, 2.24) is 14.9 Å². The van der Waals surface area contributed by atoms with Crippen molar-refractivity contribution in [1.29, 1.82) is 0 Å². The van der Waals surface area contributed by atoms with Crippen LogP contribution in [-0.2, 0) is 0 Å². The highest BCUT2D eigenvalue weighted by molar-refractivity contribution is 5.98. The zero-order chi connectivity index (χ0) is 20.5. The van der Waals surface area contributed by atoms with E-state index in [2.05, 4.69) is 20.9 Å². The van der Waals surface area contributed by atoms with E-state index in [1.54, 1.807) is 7.11 Å². The lowest BCUT2D eigenvalue weighted by atomic mass is 10.1. The van der Waals surface area contributed by atoms with Gasteiger partial charge in [0.2, 0.25) is 0 Å². The van der Waals surface area contributed by atoms with Gasteiger partial charge in [0, 0.05) is 31.7 Å². The van der Waals surface area contributed by atoms with E-state index in [1.807, 2.05) is 65.6 Å². The average molecular weight is 398 g/mol. The number of rotatable bonds is 3. The van der Waals surface area contributed by atoms with Crippen molar-refractivity contribution in [2.24, 2.45) is 0 Å². The third kappa shape index (κ3) is 3.30. The zero-order valence-corrected chi connectivity index (χ0v) is 16.8. The Labute approximate surface area is 174 Å². The predicted octanol–water partition coefficient (Wildman–Crippen LogP) is 3.75. The second-order valence-electron chi connectivity index (χ2n) is 7.37. The molecule has 0 N–H and O–H groups in total. The van der Waals surface area contributed by atoms with Gasteiger partial charge in [-0.15, -0.1) is 0 Å². The first-order valence-corrected chi connectivity index (χ1v) is 10.1. The van der Waals surface area contributed by atoms with E-state index in [9.17, 15) is 4.79 Å². The Morgan fingerprint density at radius 3 is 2.17 bits per heavy atom. The van der Waals surface area contributed by atoms with E-state index in [1.165, 1.54) is 0 Å². The first kappa shape index (κ1) is 18.4. The van der Waals surface area contributed by atoms with E-state index in [0.29, 0.717) is 18.7 Å². The van der Waals surface area contributed by atoms with Gasteiger partial charge in [-0.3, -0.25) is 4.79 Å². The fraction of sp³-hybridized carbons (Fsp3) is 0.208. The molecule has 0 spiro atoms. The summed E-state index contributed by atoms with van der Waals surface area (Å²) >= 11 is 0. The smallest absolute Gasteiger partial charge is 0.254 e. The van der Waals surface area contributed by atoms with Crippen molar-refractivity contribution in [3.8, 4) is 5.75 Å². The first-order chi connectivity index (χ1) is 14.7. The number of anilines is 1. The summed E-state index contributed by atoms with van der Waals surface area (Å²) in [4.78, 5) is 26.6. The lowest BCUT2D eigenvalue weighted by Gasteiger charge is -2.36. The maximum Gasteiger partial charge on any atom is 0.254 e. The molecule has 1 aliphatic rings. The summed E-state index contributed by atoms with van der Waals surface area (Å²) in [6.07, 6.45) is 0. The number of carbonyl (C=O) groups is 1. The highest BCUT2D eigenvalue weighted by Gasteiger charge is 2.24. The summed E-state index contributed by atoms with van der Waals surface area (Å²) in [5.74, 6) is 0.893. The molecule has 1 saturated heterocycles. The third-order valence-corrected chi connectivity index (χ3v) is 5.58. The predicted molar refractivity (Wildman–Crippen MR) is 118 cm³/mol. The van der Waals surface area contributed by atoms with Gasteiger partial charge in [0.05, 0.1) is 34.9 Å². The van der Waals surface area contributed by atoms with Crippen LogP contribution in [0.3, 0.4) is 0 Å². The zero-order valence-electron chi connectivity index (χ0n) is 16.8. The van der Waals surface area contributed by atoms with E-state index in [0.717, 1.165) is 46.6 Å². The van der Waals surface area contributed by atoms with Crippen LogP contribution in [0.25, 0.3) is 22.1 Å². The van der Waals surface area contributed by atoms with Crippen molar-refractivity contribution >= 4 is 33.7 Å². The van der Waals surface area contributed by atoms with Crippen LogP contribution in [0.1, 0.15) is 10.4 Å². The number of piperazine rings is 1. The molecule has 6 nitrogen and oxygen atoms in total. The average Bonchev–Trinajstić information content (AvgIpc) is 2.82. The van der Waals surface area contributed by atoms with Gasteiger partial charge >= 0.3 is 0 Å². The van der Waals surface area contributed by atoms with E-state index < -0.39 is 0 Å². The molecule has 4 aromatic rings. The summed E-state index contributed by atoms with van der Waals surface area (Å²) in [5.41, 5.74) is 4.95. The van der Waals surface area contributed by atoms with Crippen molar-refractivity contribution in [2.45, 2.75) is 0 Å². The number of carbonyl (C=O) groups excluding carboxylic acids is 1. The van der Waals surface area contributed by atoms with Crippen molar-refractivity contribution < 1.29 is 9.53 Å². The number of amides is 1. The number of ether oxygens (including phenoxy) is 1. The molecule has 1 fully saturated rings. The van der Waals surface area contributed by atoms with Crippen LogP contribution in [0.4, 0.5) is 5.69 Å². The third-order valence-electron chi connectivity index (χ3n) is 5.58. The molecule has 30 heavy (non-hydrogen) atoms. The molecule has 6 heteroatoms. The molecule has 0 atom stereocenters. The SMILES string of the molecule is COc1ccccc1N1CCN(C(=O)c2ccc3nc4ccccc4nc3c2)CC1. The van der Waals surface area contributed by atoms with Crippen LogP contribution < -0.4 is 9.64 Å². The van der Waals surface area contributed by atoms with Crippen molar-refractivity contribution in [2.75, 3.05) is 38.2 Å². The van der Waals surface area contributed by atoms with Crippen molar-refractivity contribution in [3.63, 3.8) is 0 Å². The van der Waals surface area contributed by atoms with Crippen LogP contribution >= 0.6 is 0 Å². The number of para-hydroxylation sites is 4. The fourth-order valence-corrected chi connectivity index (χ4v) is 3.98. The molecular weight excluding hydrogens is 376 g/mol. The summed E-state index contributed by atoms with van der Waals surface area (Å²) in [6, 6.07) is 21.4. The summed E-state index contributed by atoms with van der Waals surface area (Å²) < 4.78 is 5.48. The number of fused-ring (bicyclic) bond motifs is 2. The Hall–Kier alpha value is -3.67. The van der Waals surface area contributed by atoms with Crippen LogP contribution in [0.2, 0.25) is 0 Å². The molecule has 5 rings (SSSR count). The molecule has 0 aliphatic carbocycles. The Balaban J connectivity index is 1.35. The minimum Gasteiger partial charge on any atom is -0.495 e. The molecule has 0 bridgehead atoms. The fourth-order valence-electron chi connectivity index (χ4n) is 3.98. The van der Waals surface area contributed by atoms with E-state index in [-0.39, 0.29) is 5.91 Å². The summed E-state index contributed by atoms with van der Waals surface area (Å²) in [6.45, 7) is 2.87. The normalized spacial score (nSPS) is 14.3. The molecule has 0 radical (unpaired) electrons. The van der Waals surface area contributed by atoms with Gasteiger partial charge in [0.15, 0.2) is 0 Å². The maximum atomic E-state index is 13.1. The lowest BCUT2D eigenvalue weighted by molar-refractivity contribution is 0.0747. The van der Waals surface area contributed by atoms with Gasteiger partial charge in [-0.2, -0.15) is 0 Å². The monoisotopic (exact) mass is 398 g/mol. The minimum atomic E-state index is 0.0338. The van der Waals surface area contributed by atoms with Gasteiger partial charge in [-0.1, -0.05) is 24.3 Å². The second kappa shape index (κ2) is 7.63. The second-order valence-corrected chi connectivity index (χ2v) is 7.37. The summed E-state index contributed by atoms with van der Waals surface area (Å²) in [5, 5.41) is 0. The van der Waals surface area contributed by atoms with Gasteiger partial charge in [0.1, 0.15) is 5.75 Å². The number of hydrogen-bond acceptors (Lipinski definition) is 5. The Bertz CT molecular complexity index is 1230. The van der Waals surface area contributed by atoms with E-state index >= 15 is 0 Å². The van der Waals surface area contributed by atoms with Crippen LogP contribution in [-0.4, -0.2) is 54.1 Å². The lowest BCUT2D eigenvalue weighted by Crippen LogP contribution is -2.48. The topological polar surface area (TPSA) is 58.6 Å².